The molecule has 17 heavy (non-hydrogen) atoms. The summed E-state index contributed by atoms with van der Waals surface area (Å²) in [5.74, 6) is 0. The Hall–Kier alpha value is -1.48. The lowest BCUT2D eigenvalue weighted by molar-refractivity contribution is 0.215. The number of piperidine rings is 1. The van der Waals surface area contributed by atoms with Gasteiger partial charge in [-0.05, 0) is 50.7 Å². The third kappa shape index (κ3) is 1.91. The van der Waals surface area contributed by atoms with E-state index in [1.54, 1.807) is 0 Å². The quantitative estimate of drug-likeness (QED) is 0.762. The SMILES string of the molecule is CN1CCCC(n2ccc3cc(N)ccc32)C1. The number of nitrogen functional groups attached to an aromatic ring is 1. The Labute approximate surface area is 102 Å². The molecule has 1 fully saturated rings. The second-order valence-electron chi connectivity index (χ2n) is 5.10. The number of hydrogen-bond donors (Lipinski definition) is 1. The Morgan fingerprint density at radius 1 is 1.29 bits per heavy atom. The summed E-state index contributed by atoms with van der Waals surface area (Å²) < 4.78 is 2.41. The minimum atomic E-state index is 0.606. The lowest BCUT2D eigenvalue weighted by atomic mass is 10.1. The zero-order valence-corrected chi connectivity index (χ0v) is 10.3. The Morgan fingerprint density at radius 2 is 2.18 bits per heavy atom. The van der Waals surface area contributed by atoms with Crippen LogP contribution in [0.1, 0.15) is 18.9 Å². The number of nitrogens with two attached hydrogens (primary N) is 1. The molecule has 1 saturated heterocycles. The lowest BCUT2D eigenvalue weighted by Crippen LogP contribution is -2.33. The molecular weight excluding hydrogens is 210 g/mol. The molecule has 1 atom stereocenters. The molecule has 90 valence electrons. The topological polar surface area (TPSA) is 34.2 Å². The van der Waals surface area contributed by atoms with Crippen LogP contribution in [0.4, 0.5) is 5.69 Å². The van der Waals surface area contributed by atoms with Crippen molar-refractivity contribution in [1.29, 1.82) is 0 Å². The largest absolute Gasteiger partial charge is 0.399 e. The fourth-order valence-corrected chi connectivity index (χ4v) is 2.87. The van der Waals surface area contributed by atoms with Crippen LogP contribution in [-0.4, -0.2) is 29.6 Å². The summed E-state index contributed by atoms with van der Waals surface area (Å²) in [4.78, 5) is 2.41. The average Bonchev–Trinajstić information content (AvgIpc) is 2.71. The molecule has 3 nitrogen and oxygen atoms in total. The number of fused-ring (bicyclic) bond motifs is 1. The van der Waals surface area contributed by atoms with E-state index in [1.165, 1.54) is 30.3 Å². The van der Waals surface area contributed by atoms with Gasteiger partial charge in [-0.3, -0.25) is 0 Å². The summed E-state index contributed by atoms with van der Waals surface area (Å²) in [7, 11) is 2.20. The Kier molecular flexibility index (Phi) is 2.56. The van der Waals surface area contributed by atoms with Gasteiger partial charge in [0.25, 0.3) is 0 Å². The lowest BCUT2D eigenvalue weighted by Gasteiger charge is -2.31. The van der Waals surface area contributed by atoms with E-state index in [1.807, 2.05) is 6.07 Å². The van der Waals surface area contributed by atoms with E-state index < -0.39 is 0 Å². The fraction of sp³-hybridized carbons (Fsp3) is 0.429. The number of likely N-dealkylation sites (tertiary alicyclic amines) is 1. The van der Waals surface area contributed by atoms with Crippen LogP contribution in [0.2, 0.25) is 0 Å². The first kappa shape index (κ1) is 10.7. The predicted molar refractivity (Wildman–Crippen MR) is 72.1 cm³/mol. The second kappa shape index (κ2) is 4.08. The van der Waals surface area contributed by atoms with Crippen LogP contribution in [0, 0.1) is 0 Å². The Morgan fingerprint density at radius 3 is 3.00 bits per heavy atom. The maximum Gasteiger partial charge on any atom is 0.0484 e. The molecule has 0 amide bonds. The van der Waals surface area contributed by atoms with Gasteiger partial charge in [-0.15, -0.1) is 0 Å². The highest BCUT2D eigenvalue weighted by atomic mass is 15.2. The number of nitrogens with zero attached hydrogens (tertiary/aromatic N) is 2. The maximum absolute atomic E-state index is 5.82. The van der Waals surface area contributed by atoms with Crippen LogP contribution in [0.15, 0.2) is 30.5 Å². The number of rotatable bonds is 1. The van der Waals surface area contributed by atoms with Crippen molar-refractivity contribution in [3.05, 3.63) is 30.5 Å². The number of aromatic nitrogens is 1. The van der Waals surface area contributed by atoms with Gasteiger partial charge in [-0.2, -0.15) is 0 Å². The molecule has 0 saturated carbocycles. The van der Waals surface area contributed by atoms with Gasteiger partial charge in [0.1, 0.15) is 0 Å². The molecule has 1 aromatic heterocycles. The van der Waals surface area contributed by atoms with Crippen LogP contribution < -0.4 is 5.73 Å². The van der Waals surface area contributed by atoms with Crippen LogP contribution in [0.25, 0.3) is 10.9 Å². The molecule has 1 unspecified atom stereocenters. The van der Waals surface area contributed by atoms with Crippen molar-refractivity contribution in [2.75, 3.05) is 25.9 Å². The molecule has 1 aromatic carbocycles. The summed E-state index contributed by atoms with van der Waals surface area (Å²) in [6, 6.07) is 8.96. The number of likely N-dealkylation sites (N-methyl/N-ethyl adjacent to an activating group) is 1. The van der Waals surface area contributed by atoms with Gasteiger partial charge < -0.3 is 15.2 Å². The molecule has 0 bridgehead atoms. The summed E-state index contributed by atoms with van der Waals surface area (Å²) in [6.45, 7) is 2.37. The van der Waals surface area contributed by atoms with Crippen molar-refractivity contribution < 1.29 is 0 Å². The van der Waals surface area contributed by atoms with Gasteiger partial charge in [0.05, 0.1) is 0 Å². The van der Waals surface area contributed by atoms with Crippen LogP contribution >= 0.6 is 0 Å². The molecule has 1 aliphatic heterocycles. The number of hydrogen-bond acceptors (Lipinski definition) is 2. The van der Waals surface area contributed by atoms with Crippen molar-refractivity contribution in [3.63, 3.8) is 0 Å². The van der Waals surface area contributed by atoms with E-state index in [4.69, 9.17) is 5.73 Å². The van der Waals surface area contributed by atoms with Gasteiger partial charge in [0, 0.05) is 35.4 Å². The van der Waals surface area contributed by atoms with Crippen LogP contribution in [0.5, 0.6) is 0 Å². The standard InChI is InChI=1S/C14H19N3/c1-16-7-2-3-13(10-16)17-8-6-11-9-12(15)4-5-14(11)17/h4-6,8-9,13H,2-3,7,10,15H2,1H3. The molecule has 2 N–H and O–H groups in total. The highest BCUT2D eigenvalue weighted by molar-refractivity contribution is 5.83. The van der Waals surface area contributed by atoms with Crippen molar-refractivity contribution >= 4 is 16.6 Å². The molecule has 2 aromatic rings. The molecule has 0 spiro atoms. The first-order chi connectivity index (χ1) is 8.24. The van der Waals surface area contributed by atoms with Crippen LogP contribution in [0.3, 0.4) is 0 Å². The predicted octanol–water partition coefficient (Wildman–Crippen LogP) is 2.49. The monoisotopic (exact) mass is 229 g/mol. The molecule has 1 aliphatic rings. The zero-order valence-electron chi connectivity index (χ0n) is 10.3. The van der Waals surface area contributed by atoms with E-state index in [9.17, 15) is 0 Å². The Bertz CT molecular complexity index is 529. The van der Waals surface area contributed by atoms with E-state index in [-0.39, 0.29) is 0 Å². The molecule has 0 radical (unpaired) electrons. The third-order valence-electron chi connectivity index (χ3n) is 3.74. The average molecular weight is 229 g/mol. The minimum absolute atomic E-state index is 0.606. The normalized spacial score (nSPS) is 22.1. The van der Waals surface area contributed by atoms with E-state index in [0.717, 1.165) is 12.2 Å². The summed E-state index contributed by atoms with van der Waals surface area (Å²) in [6.07, 6.45) is 4.77. The van der Waals surface area contributed by atoms with Crippen molar-refractivity contribution in [1.82, 2.24) is 9.47 Å². The fourth-order valence-electron chi connectivity index (χ4n) is 2.87. The highest BCUT2D eigenvalue weighted by Gasteiger charge is 2.19. The van der Waals surface area contributed by atoms with Gasteiger partial charge in [-0.1, -0.05) is 0 Å². The van der Waals surface area contributed by atoms with E-state index >= 15 is 0 Å². The summed E-state index contributed by atoms with van der Waals surface area (Å²) in [5, 5.41) is 1.25. The van der Waals surface area contributed by atoms with Crippen LogP contribution in [-0.2, 0) is 0 Å². The van der Waals surface area contributed by atoms with Gasteiger partial charge >= 0.3 is 0 Å². The smallest absolute Gasteiger partial charge is 0.0484 e. The minimum Gasteiger partial charge on any atom is -0.399 e. The third-order valence-corrected chi connectivity index (χ3v) is 3.74. The molecule has 0 aliphatic carbocycles. The Balaban J connectivity index is 1.99. The second-order valence-corrected chi connectivity index (χ2v) is 5.10. The maximum atomic E-state index is 5.82. The molecule has 3 rings (SSSR count). The zero-order chi connectivity index (χ0) is 11.8. The summed E-state index contributed by atoms with van der Waals surface area (Å²) in [5.41, 5.74) is 7.96. The summed E-state index contributed by atoms with van der Waals surface area (Å²) >= 11 is 0. The van der Waals surface area contributed by atoms with Crippen molar-refractivity contribution in [3.8, 4) is 0 Å². The van der Waals surface area contributed by atoms with E-state index in [2.05, 4.69) is 40.9 Å². The molecular formula is C14H19N3. The number of anilines is 1. The highest BCUT2D eigenvalue weighted by Crippen LogP contribution is 2.27. The molecule has 2 heterocycles. The van der Waals surface area contributed by atoms with Gasteiger partial charge in [0.15, 0.2) is 0 Å². The molecule has 3 heteroatoms. The first-order valence-corrected chi connectivity index (χ1v) is 6.28. The first-order valence-electron chi connectivity index (χ1n) is 6.28. The van der Waals surface area contributed by atoms with Gasteiger partial charge in [-0.25, -0.2) is 0 Å². The van der Waals surface area contributed by atoms with E-state index in [0.29, 0.717) is 6.04 Å². The van der Waals surface area contributed by atoms with Gasteiger partial charge in [0.2, 0.25) is 0 Å². The van der Waals surface area contributed by atoms with Crippen molar-refractivity contribution in [2.45, 2.75) is 18.9 Å². The number of benzene rings is 1. The van der Waals surface area contributed by atoms with Crippen molar-refractivity contribution in [2.24, 2.45) is 0 Å².